The Hall–Kier alpha value is -3.61. The minimum absolute atomic E-state index is 0.0576. The molecule has 7 nitrogen and oxygen atoms in total. The standard InChI is InChI=1S/C30H33N5O2/c1-30(28-31-27(32-37-28)23-18-33(2)24-12-8-7-11-21(23)24)16-19-13-14-26(30)35(17-19)29(36)34(3)25-15-22(25)20-9-5-4-6-10-20/h4-12,18-19,22,25-26H,13-17H2,1-3H3. The van der Waals surface area contributed by atoms with E-state index in [9.17, 15) is 4.79 Å². The van der Waals surface area contributed by atoms with Crippen LogP contribution >= 0.6 is 0 Å². The number of piperidine rings is 2. The molecule has 7 heteroatoms. The summed E-state index contributed by atoms with van der Waals surface area (Å²) in [5.74, 6) is 2.15. The van der Waals surface area contributed by atoms with E-state index in [-0.39, 0.29) is 23.5 Å². The third-order valence-corrected chi connectivity index (χ3v) is 9.21. The summed E-state index contributed by atoms with van der Waals surface area (Å²) in [5.41, 5.74) is 3.09. The van der Waals surface area contributed by atoms with Crippen LogP contribution in [0.1, 0.15) is 50.0 Å². The van der Waals surface area contributed by atoms with E-state index in [0.29, 0.717) is 23.6 Å². The molecule has 2 saturated heterocycles. The van der Waals surface area contributed by atoms with Crippen LogP contribution < -0.4 is 0 Å². The first-order chi connectivity index (χ1) is 17.9. The van der Waals surface area contributed by atoms with E-state index in [0.717, 1.165) is 48.7 Å². The van der Waals surface area contributed by atoms with E-state index in [1.54, 1.807) is 0 Å². The molecule has 4 aromatic rings. The number of nitrogens with zero attached hydrogens (tertiary/aromatic N) is 5. The van der Waals surface area contributed by atoms with Gasteiger partial charge in [-0.1, -0.05) is 53.7 Å². The topological polar surface area (TPSA) is 67.4 Å². The molecule has 8 rings (SSSR count). The molecular weight excluding hydrogens is 462 g/mol. The fourth-order valence-corrected chi connectivity index (χ4v) is 7.15. The quantitative estimate of drug-likeness (QED) is 0.371. The average molecular weight is 496 g/mol. The normalized spacial score (nSPS) is 28.6. The van der Waals surface area contributed by atoms with Crippen LogP contribution in [0, 0.1) is 5.92 Å². The third-order valence-electron chi connectivity index (χ3n) is 9.21. The number of para-hydroxylation sites is 1. The highest BCUT2D eigenvalue weighted by atomic mass is 16.5. The predicted octanol–water partition coefficient (Wildman–Crippen LogP) is 5.58. The Kier molecular flexibility index (Phi) is 5.00. The van der Waals surface area contributed by atoms with Gasteiger partial charge in [-0.25, -0.2) is 4.79 Å². The van der Waals surface area contributed by atoms with Gasteiger partial charge < -0.3 is 18.9 Å². The molecule has 37 heavy (non-hydrogen) atoms. The zero-order chi connectivity index (χ0) is 25.3. The summed E-state index contributed by atoms with van der Waals surface area (Å²) in [6, 6.07) is 19.3. The van der Waals surface area contributed by atoms with Gasteiger partial charge in [0, 0.05) is 61.3 Å². The molecule has 2 saturated carbocycles. The lowest BCUT2D eigenvalue weighted by Crippen LogP contribution is -2.63. The predicted molar refractivity (Wildman–Crippen MR) is 142 cm³/mol. The Morgan fingerprint density at radius 3 is 2.70 bits per heavy atom. The van der Waals surface area contributed by atoms with E-state index >= 15 is 0 Å². The molecular formula is C30H33N5O2. The number of benzene rings is 2. The van der Waals surface area contributed by atoms with E-state index in [1.807, 2.05) is 37.2 Å². The third kappa shape index (κ3) is 3.50. The summed E-state index contributed by atoms with van der Waals surface area (Å²) in [5, 5.41) is 5.54. The molecule has 2 bridgehead atoms. The van der Waals surface area contributed by atoms with Crippen LogP contribution in [-0.4, -0.2) is 56.2 Å². The zero-order valence-corrected chi connectivity index (χ0v) is 21.7. The largest absolute Gasteiger partial charge is 0.350 e. The molecule has 5 atom stereocenters. The number of hydrogen-bond acceptors (Lipinski definition) is 4. The second-order valence-corrected chi connectivity index (χ2v) is 11.5. The van der Waals surface area contributed by atoms with Crippen molar-refractivity contribution in [2.75, 3.05) is 13.6 Å². The van der Waals surface area contributed by atoms with Gasteiger partial charge in [0.05, 0.1) is 5.41 Å². The van der Waals surface area contributed by atoms with Crippen molar-refractivity contribution in [3.63, 3.8) is 0 Å². The van der Waals surface area contributed by atoms with Crippen LogP contribution in [0.15, 0.2) is 65.3 Å². The van der Waals surface area contributed by atoms with Crippen molar-refractivity contribution in [1.82, 2.24) is 24.5 Å². The van der Waals surface area contributed by atoms with Gasteiger partial charge in [0.2, 0.25) is 11.7 Å². The molecule has 0 radical (unpaired) electrons. The fourth-order valence-electron chi connectivity index (χ4n) is 7.15. The summed E-state index contributed by atoms with van der Waals surface area (Å²) in [6.07, 6.45) is 6.19. The van der Waals surface area contributed by atoms with Gasteiger partial charge >= 0.3 is 6.03 Å². The molecule has 2 aromatic carbocycles. The highest BCUT2D eigenvalue weighted by Gasteiger charge is 2.55. The molecule has 4 fully saturated rings. The number of carbonyl (C=O) groups excluding carboxylic acids is 1. The van der Waals surface area contributed by atoms with Crippen LogP contribution in [0.2, 0.25) is 0 Å². The summed E-state index contributed by atoms with van der Waals surface area (Å²) in [6.45, 7) is 3.03. The number of rotatable bonds is 4. The number of fused-ring (bicyclic) bond motifs is 4. The monoisotopic (exact) mass is 495 g/mol. The van der Waals surface area contributed by atoms with Crippen molar-refractivity contribution in [2.45, 2.75) is 56.0 Å². The lowest BCUT2D eigenvalue weighted by Gasteiger charge is -2.54. The van der Waals surface area contributed by atoms with Gasteiger partial charge in [-0.15, -0.1) is 0 Å². The van der Waals surface area contributed by atoms with Crippen LogP contribution in [0.4, 0.5) is 4.79 Å². The fraction of sp³-hybridized carbons (Fsp3) is 0.433. The first-order valence-corrected chi connectivity index (χ1v) is 13.4. The van der Waals surface area contributed by atoms with Gasteiger partial charge in [-0.2, -0.15) is 4.98 Å². The van der Waals surface area contributed by atoms with E-state index in [1.165, 1.54) is 5.56 Å². The molecule has 0 spiro atoms. The lowest BCUT2D eigenvalue weighted by molar-refractivity contribution is -0.00894. The Bertz CT molecular complexity index is 1480. The smallest absolute Gasteiger partial charge is 0.320 e. The SMILES string of the molecule is CN(C(=O)N1CC2CCC1C(C)(c1nc(-c3cn(C)c4ccccc34)no1)C2)C1CC1c1ccccc1. The molecule has 0 N–H and O–H groups in total. The van der Waals surface area contributed by atoms with Crippen LogP contribution in [0.5, 0.6) is 0 Å². The minimum Gasteiger partial charge on any atom is -0.350 e. The maximum absolute atomic E-state index is 13.8. The number of aryl methyl sites for hydroxylation is 1. The number of amides is 2. The molecule has 5 unspecified atom stereocenters. The van der Waals surface area contributed by atoms with Crippen molar-refractivity contribution in [1.29, 1.82) is 0 Å². The second-order valence-electron chi connectivity index (χ2n) is 11.5. The van der Waals surface area contributed by atoms with Crippen LogP contribution in [0.3, 0.4) is 0 Å². The number of likely N-dealkylation sites (N-methyl/N-ethyl adjacent to an activating group) is 1. The lowest BCUT2D eigenvalue weighted by atomic mass is 9.63. The van der Waals surface area contributed by atoms with E-state index in [4.69, 9.17) is 9.51 Å². The maximum atomic E-state index is 13.8. The molecule has 2 amide bonds. The van der Waals surface area contributed by atoms with Gasteiger partial charge in [-0.3, -0.25) is 0 Å². The maximum Gasteiger partial charge on any atom is 0.320 e. The number of aromatic nitrogens is 3. The van der Waals surface area contributed by atoms with Gasteiger partial charge in [0.15, 0.2) is 0 Å². The van der Waals surface area contributed by atoms with E-state index in [2.05, 4.69) is 64.1 Å². The molecule has 2 aliphatic heterocycles. The van der Waals surface area contributed by atoms with Gasteiger partial charge in [0.1, 0.15) is 0 Å². The van der Waals surface area contributed by atoms with Crippen molar-refractivity contribution < 1.29 is 9.32 Å². The van der Waals surface area contributed by atoms with Crippen LogP contribution in [-0.2, 0) is 12.5 Å². The summed E-state index contributed by atoms with van der Waals surface area (Å²) < 4.78 is 8.07. The zero-order valence-electron chi connectivity index (χ0n) is 21.7. The number of hydrogen-bond donors (Lipinski definition) is 0. The molecule has 190 valence electrons. The summed E-state index contributed by atoms with van der Waals surface area (Å²) in [4.78, 5) is 22.9. The van der Waals surface area contributed by atoms with Crippen LogP contribution in [0.25, 0.3) is 22.3 Å². The first kappa shape index (κ1) is 22.6. The summed E-state index contributed by atoms with van der Waals surface area (Å²) in [7, 11) is 4.01. The Balaban J connectivity index is 1.15. The summed E-state index contributed by atoms with van der Waals surface area (Å²) >= 11 is 0. The molecule has 2 aliphatic carbocycles. The highest BCUT2D eigenvalue weighted by Crippen LogP contribution is 2.50. The van der Waals surface area contributed by atoms with Gasteiger partial charge in [0.25, 0.3) is 0 Å². The minimum atomic E-state index is -0.351. The Morgan fingerprint density at radius 2 is 1.89 bits per heavy atom. The Morgan fingerprint density at radius 1 is 1.11 bits per heavy atom. The van der Waals surface area contributed by atoms with Crippen molar-refractivity contribution in [2.24, 2.45) is 13.0 Å². The van der Waals surface area contributed by atoms with Gasteiger partial charge in [-0.05, 0) is 50.2 Å². The number of urea groups is 1. The second kappa shape index (κ2) is 8.20. The van der Waals surface area contributed by atoms with E-state index < -0.39 is 0 Å². The average Bonchev–Trinajstić information content (AvgIpc) is 3.44. The number of carbonyl (C=O) groups is 1. The highest BCUT2D eigenvalue weighted by molar-refractivity contribution is 5.94. The van der Waals surface area contributed by atoms with Crippen molar-refractivity contribution in [3.8, 4) is 11.4 Å². The first-order valence-electron chi connectivity index (χ1n) is 13.4. The molecule has 4 aliphatic rings. The molecule has 4 heterocycles. The Labute approximate surface area is 217 Å². The van der Waals surface area contributed by atoms with Crippen molar-refractivity contribution >= 4 is 16.9 Å². The molecule has 2 aromatic heterocycles. The van der Waals surface area contributed by atoms with Crippen molar-refractivity contribution in [3.05, 3.63) is 72.2 Å².